The lowest BCUT2D eigenvalue weighted by molar-refractivity contribution is 0.389. The second kappa shape index (κ2) is 2.14. The summed E-state index contributed by atoms with van der Waals surface area (Å²) in [6, 6.07) is 1.06. The lowest BCUT2D eigenvalue weighted by atomic mass is 10.5. The molecule has 0 radical (unpaired) electrons. The van der Waals surface area contributed by atoms with Crippen molar-refractivity contribution < 1.29 is 4.43 Å². The van der Waals surface area contributed by atoms with E-state index in [0.29, 0.717) is 0 Å². The van der Waals surface area contributed by atoms with E-state index >= 15 is 0 Å². The predicted molar refractivity (Wildman–Crippen MR) is 34.4 cm³/mol. The summed E-state index contributed by atoms with van der Waals surface area (Å²) in [5.41, 5.74) is 0. The van der Waals surface area contributed by atoms with E-state index in [0.717, 1.165) is 12.6 Å². The number of nitrogens with one attached hydrogen (secondary N) is 1. The summed E-state index contributed by atoms with van der Waals surface area (Å²) in [5.74, 6) is 0. The molecule has 1 unspecified atom stereocenters. The maximum atomic E-state index is 5.76. The quantitative estimate of drug-likeness (QED) is 0.474. The van der Waals surface area contributed by atoms with Gasteiger partial charge in [-0.15, -0.1) is 0 Å². The number of rotatable bonds is 1. The Hall–Kier alpha value is 0.0969. The van der Waals surface area contributed by atoms with Crippen LogP contribution in [0.5, 0.6) is 0 Å². The molecular weight excluding hydrogens is 120 g/mol. The van der Waals surface area contributed by atoms with Gasteiger partial charge in [0.25, 0.3) is 0 Å². The highest BCUT2D eigenvalue weighted by Gasteiger charge is 2.33. The second-order valence-corrected chi connectivity index (χ2v) is 5.16. The minimum absolute atomic E-state index is 1.04. The minimum atomic E-state index is -1.81. The lowest BCUT2D eigenvalue weighted by Gasteiger charge is -2.16. The summed E-state index contributed by atoms with van der Waals surface area (Å²) in [6.45, 7) is 1.04. The van der Waals surface area contributed by atoms with Crippen LogP contribution in [0.3, 0.4) is 0 Å². The fraction of sp³-hybridized carbons (Fsp3) is 1.00. The molecule has 0 aromatic rings. The monoisotopic (exact) mass is 132 g/mol. The molecule has 0 aromatic carbocycles. The van der Waals surface area contributed by atoms with Crippen LogP contribution in [0.2, 0.25) is 6.04 Å². The van der Waals surface area contributed by atoms with Gasteiger partial charge < -0.3 is 14.8 Å². The summed E-state index contributed by atoms with van der Waals surface area (Å²) in [4.78, 5) is 3.18. The molecule has 1 saturated heterocycles. The minimum Gasteiger partial charge on any atom is -0.395 e. The van der Waals surface area contributed by atoms with E-state index < -0.39 is 8.64 Å². The van der Waals surface area contributed by atoms with Crippen molar-refractivity contribution in [1.82, 2.24) is 4.98 Å². The van der Waals surface area contributed by atoms with Crippen molar-refractivity contribution in [2.24, 2.45) is 5.40 Å². The zero-order chi connectivity index (χ0) is 6.04. The zero-order valence-corrected chi connectivity index (χ0v) is 6.11. The van der Waals surface area contributed by atoms with Gasteiger partial charge in [0, 0.05) is 7.11 Å². The van der Waals surface area contributed by atoms with Gasteiger partial charge in [-0.3, -0.25) is 0 Å². The predicted octanol–water partition coefficient (Wildman–Crippen LogP) is -0.476. The molecule has 0 spiro atoms. The Balaban J connectivity index is 2.40. The van der Waals surface area contributed by atoms with Crippen LogP contribution < -0.4 is 10.4 Å². The molecule has 8 heavy (non-hydrogen) atoms. The van der Waals surface area contributed by atoms with Crippen LogP contribution >= 0.6 is 0 Å². The first-order chi connectivity index (χ1) is 3.77. The standard InChI is InChI=1S/C4H12N2OSi/c1-7-8(5)4-2-3-6-8/h6H,2-5H2,1H3. The van der Waals surface area contributed by atoms with Gasteiger partial charge in [0.15, 0.2) is 0 Å². The molecule has 3 N–H and O–H groups in total. The molecule has 0 aliphatic carbocycles. The summed E-state index contributed by atoms with van der Waals surface area (Å²) in [5, 5.41) is 5.76. The van der Waals surface area contributed by atoms with Crippen molar-refractivity contribution in [2.75, 3.05) is 13.7 Å². The molecule has 1 heterocycles. The normalized spacial score (nSPS) is 38.2. The first-order valence-electron chi connectivity index (χ1n) is 2.86. The SMILES string of the molecule is CO[Si]1(N)CCCN1. The van der Waals surface area contributed by atoms with Crippen LogP contribution in [-0.2, 0) is 4.43 Å². The van der Waals surface area contributed by atoms with Gasteiger partial charge in [-0.05, 0) is 19.0 Å². The molecule has 1 rings (SSSR count). The molecule has 0 bridgehead atoms. The fourth-order valence-corrected chi connectivity index (χ4v) is 2.74. The van der Waals surface area contributed by atoms with Crippen molar-refractivity contribution in [2.45, 2.75) is 12.5 Å². The van der Waals surface area contributed by atoms with Crippen LogP contribution in [0, 0.1) is 0 Å². The summed E-state index contributed by atoms with van der Waals surface area (Å²) in [7, 11) is -0.125. The number of nitrogens with two attached hydrogens (primary N) is 1. The van der Waals surface area contributed by atoms with E-state index in [1.54, 1.807) is 7.11 Å². The first-order valence-corrected chi connectivity index (χ1v) is 5.05. The van der Waals surface area contributed by atoms with Crippen LogP contribution in [0.25, 0.3) is 0 Å². The molecule has 1 atom stereocenters. The summed E-state index contributed by atoms with van der Waals surface area (Å²) in [6.07, 6.45) is 1.18. The van der Waals surface area contributed by atoms with E-state index in [1.165, 1.54) is 6.42 Å². The number of hydrogen-bond donors (Lipinski definition) is 2. The van der Waals surface area contributed by atoms with Gasteiger partial charge in [-0.2, -0.15) is 0 Å². The molecule has 1 fully saturated rings. The molecule has 0 saturated carbocycles. The van der Waals surface area contributed by atoms with E-state index in [4.69, 9.17) is 9.83 Å². The highest BCUT2D eigenvalue weighted by atomic mass is 28.4. The molecule has 0 amide bonds. The van der Waals surface area contributed by atoms with Gasteiger partial charge in [-0.25, -0.2) is 0 Å². The van der Waals surface area contributed by atoms with Gasteiger partial charge in [0.05, 0.1) is 0 Å². The Bertz CT molecular complexity index is 82.1. The van der Waals surface area contributed by atoms with Crippen LogP contribution in [0.4, 0.5) is 0 Å². The Morgan fingerprint density at radius 1 is 1.75 bits per heavy atom. The van der Waals surface area contributed by atoms with Crippen LogP contribution in [0.1, 0.15) is 6.42 Å². The van der Waals surface area contributed by atoms with Crippen molar-refractivity contribution in [3.63, 3.8) is 0 Å². The van der Waals surface area contributed by atoms with Crippen LogP contribution in [0.15, 0.2) is 0 Å². The Labute approximate surface area is 50.5 Å². The van der Waals surface area contributed by atoms with Gasteiger partial charge in [-0.1, -0.05) is 0 Å². The molecule has 4 heteroatoms. The lowest BCUT2D eigenvalue weighted by Crippen LogP contribution is -2.57. The van der Waals surface area contributed by atoms with E-state index in [-0.39, 0.29) is 0 Å². The van der Waals surface area contributed by atoms with Crippen molar-refractivity contribution in [1.29, 1.82) is 0 Å². The molecule has 48 valence electrons. The second-order valence-electron chi connectivity index (χ2n) is 2.12. The smallest absolute Gasteiger partial charge is 0.348 e. The zero-order valence-electron chi connectivity index (χ0n) is 5.11. The van der Waals surface area contributed by atoms with Gasteiger partial charge >= 0.3 is 8.64 Å². The van der Waals surface area contributed by atoms with Crippen molar-refractivity contribution in [3.05, 3.63) is 0 Å². The van der Waals surface area contributed by atoms with Gasteiger partial charge in [0.2, 0.25) is 0 Å². The molecular formula is C4H12N2OSi. The fourth-order valence-electron chi connectivity index (χ4n) is 0.914. The third kappa shape index (κ3) is 1.08. The number of hydrogen-bond acceptors (Lipinski definition) is 3. The summed E-state index contributed by atoms with van der Waals surface area (Å²) >= 11 is 0. The topological polar surface area (TPSA) is 47.3 Å². The van der Waals surface area contributed by atoms with Crippen molar-refractivity contribution >= 4 is 8.64 Å². The highest BCUT2D eigenvalue weighted by Crippen LogP contribution is 2.08. The maximum Gasteiger partial charge on any atom is 0.348 e. The third-order valence-electron chi connectivity index (χ3n) is 1.51. The van der Waals surface area contributed by atoms with E-state index in [1.807, 2.05) is 0 Å². The van der Waals surface area contributed by atoms with E-state index in [2.05, 4.69) is 4.98 Å². The summed E-state index contributed by atoms with van der Waals surface area (Å²) < 4.78 is 5.10. The molecule has 1 aliphatic rings. The first kappa shape index (κ1) is 6.22. The van der Waals surface area contributed by atoms with Gasteiger partial charge in [0.1, 0.15) is 0 Å². The van der Waals surface area contributed by atoms with E-state index in [9.17, 15) is 0 Å². The Kier molecular flexibility index (Phi) is 1.67. The largest absolute Gasteiger partial charge is 0.395 e. The van der Waals surface area contributed by atoms with Crippen LogP contribution in [-0.4, -0.2) is 22.3 Å². The average molecular weight is 132 g/mol. The Morgan fingerprint density at radius 2 is 2.50 bits per heavy atom. The molecule has 1 aliphatic heterocycles. The molecule has 3 nitrogen and oxygen atoms in total. The maximum absolute atomic E-state index is 5.76. The highest BCUT2D eigenvalue weighted by molar-refractivity contribution is 6.68. The Morgan fingerprint density at radius 3 is 2.75 bits per heavy atom. The van der Waals surface area contributed by atoms with Crippen molar-refractivity contribution in [3.8, 4) is 0 Å². The average Bonchev–Trinajstić information content (AvgIpc) is 2.17. The molecule has 0 aromatic heterocycles. The third-order valence-corrected chi connectivity index (χ3v) is 4.19.